The summed E-state index contributed by atoms with van der Waals surface area (Å²) < 4.78 is 16.9. The molecule has 2 fully saturated rings. The van der Waals surface area contributed by atoms with E-state index in [1.54, 1.807) is 19.9 Å². The summed E-state index contributed by atoms with van der Waals surface area (Å²) in [5.74, 6) is -1.78. The van der Waals surface area contributed by atoms with Gasteiger partial charge in [0.25, 0.3) is 0 Å². The van der Waals surface area contributed by atoms with E-state index < -0.39 is 35.8 Å². The Bertz CT molecular complexity index is 669. The van der Waals surface area contributed by atoms with Crippen LogP contribution < -0.4 is 0 Å². The first-order valence-corrected chi connectivity index (χ1v) is 9.47. The molecule has 0 aromatic rings. The minimum absolute atomic E-state index is 0.215. The number of aliphatic hydroxyl groups is 2. The van der Waals surface area contributed by atoms with Crippen LogP contribution in [0.15, 0.2) is 23.8 Å². The lowest BCUT2D eigenvalue weighted by molar-refractivity contribution is -0.158. The molecule has 7 atom stereocenters. The first-order valence-electron chi connectivity index (χ1n) is 9.47. The number of carbonyl (C=O) groups is 2. The maximum absolute atomic E-state index is 12.5. The zero-order valence-electron chi connectivity index (χ0n) is 16.0. The highest BCUT2D eigenvalue weighted by Gasteiger charge is 2.60. The fourth-order valence-electron chi connectivity index (χ4n) is 3.85. The number of aliphatic hydroxyl groups excluding tert-OH is 2. The van der Waals surface area contributed by atoms with Crippen LogP contribution in [0.5, 0.6) is 0 Å². The number of rotatable bonds is 4. The van der Waals surface area contributed by atoms with Gasteiger partial charge in [0.15, 0.2) is 0 Å². The third-order valence-corrected chi connectivity index (χ3v) is 6.06. The molecule has 0 saturated carbocycles. The number of carbonyl (C=O) groups excluding carboxylic acids is 2. The molecule has 2 aliphatic heterocycles. The quantitative estimate of drug-likeness (QED) is 0.327. The minimum Gasteiger partial charge on any atom is -0.461 e. The molecule has 2 saturated heterocycles. The molecule has 7 heteroatoms. The molecule has 27 heavy (non-hydrogen) atoms. The third-order valence-electron chi connectivity index (χ3n) is 6.06. The second-order valence-electron chi connectivity index (χ2n) is 7.90. The van der Waals surface area contributed by atoms with Crippen molar-refractivity contribution in [1.82, 2.24) is 0 Å². The van der Waals surface area contributed by atoms with Gasteiger partial charge in [-0.3, -0.25) is 4.79 Å². The van der Waals surface area contributed by atoms with Gasteiger partial charge < -0.3 is 24.4 Å². The lowest BCUT2D eigenvalue weighted by Crippen LogP contribution is -2.40. The van der Waals surface area contributed by atoms with Gasteiger partial charge in [-0.25, -0.2) is 4.79 Å². The van der Waals surface area contributed by atoms with Gasteiger partial charge in [-0.05, 0) is 25.0 Å². The number of hydrogen-bond donors (Lipinski definition) is 2. The number of hydrogen-bond acceptors (Lipinski definition) is 7. The van der Waals surface area contributed by atoms with E-state index in [4.69, 9.17) is 14.2 Å². The number of epoxide rings is 1. The average Bonchev–Trinajstić information content (AvgIpc) is 3.23. The monoisotopic (exact) mass is 380 g/mol. The normalized spacial score (nSPS) is 39.6. The van der Waals surface area contributed by atoms with Gasteiger partial charge in [-0.2, -0.15) is 0 Å². The van der Waals surface area contributed by atoms with Gasteiger partial charge in [0.2, 0.25) is 0 Å². The van der Waals surface area contributed by atoms with E-state index in [0.29, 0.717) is 18.4 Å². The van der Waals surface area contributed by atoms with E-state index in [2.05, 4.69) is 6.58 Å². The number of fused-ring (bicyclic) bond motifs is 2. The Balaban J connectivity index is 1.97. The fourth-order valence-corrected chi connectivity index (χ4v) is 3.85. The van der Waals surface area contributed by atoms with E-state index >= 15 is 0 Å². The van der Waals surface area contributed by atoms with Crippen molar-refractivity contribution >= 4 is 11.9 Å². The largest absolute Gasteiger partial charge is 0.461 e. The Morgan fingerprint density at radius 1 is 1.52 bits per heavy atom. The molecule has 0 aromatic carbocycles. The van der Waals surface area contributed by atoms with Gasteiger partial charge in [0, 0.05) is 18.4 Å². The van der Waals surface area contributed by atoms with Crippen molar-refractivity contribution in [3.63, 3.8) is 0 Å². The van der Waals surface area contributed by atoms with Crippen LogP contribution in [0.4, 0.5) is 0 Å². The van der Waals surface area contributed by atoms with Gasteiger partial charge in [0.1, 0.15) is 17.8 Å². The van der Waals surface area contributed by atoms with Crippen LogP contribution in [-0.4, -0.2) is 58.8 Å². The minimum atomic E-state index is -0.893. The van der Waals surface area contributed by atoms with Crippen molar-refractivity contribution in [3.8, 4) is 0 Å². The molecule has 3 aliphatic rings. The Kier molecular flexibility index (Phi) is 5.47. The fraction of sp³-hybridized carbons (Fsp3) is 0.700. The van der Waals surface area contributed by atoms with Crippen molar-refractivity contribution < 1.29 is 34.0 Å². The standard InChI is InChI=1S/C20H28O7/c1-5-10(2)18(23)26-15-8-20(9-21)16(27-20)7-13(22)11(3)6-14-17(15)12(4)19(24)25-14/h6,10,13-17,21-22H,4-5,7-9H2,1-3H3. The molecule has 0 radical (unpaired) electrons. The SMILES string of the molecule is C=C1C(=O)OC2C=C(C)C(O)CC3OC3(CO)CC(OC(=O)C(C)CC)C12. The Morgan fingerprint density at radius 3 is 2.85 bits per heavy atom. The second-order valence-corrected chi connectivity index (χ2v) is 7.90. The molecule has 3 rings (SSSR count). The van der Waals surface area contributed by atoms with E-state index in [0.717, 1.165) is 0 Å². The molecule has 7 nitrogen and oxygen atoms in total. The Morgan fingerprint density at radius 2 is 2.22 bits per heavy atom. The van der Waals surface area contributed by atoms with Crippen molar-refractivity contribution in [2.45, 2.75) is 70.1 Å². The summed E-state index contributed by atoms with van der Waals surface area (Å²) in [6, 6.07) is 0. The maximum atomic E-state index is 12.5. The van der Waals surface area contributed by atoms with E-state index in [9.17, 15) is 19.8 Å². The summed E-state index contributed by atoms with van der Waals surface area (Å²) >= 11 is 0. The molecule has 0 spiro atoms. The molecule has 2 heterocycles. The van der Waals surface area contributed by atoms with Gasteiger partial charge >= 0.3 is 11.9 Å². The maximum Gasteiger partial charge on any atom is 0.334 e. The van der Waals surface area contributed by atoms with Crippen LogP contribution in [0.2, 0.25) is 0 Å². The van der Waals surface area contributed by atoms with E-state index in [1.165, 1.54) is 0 Å². The van der Waals surface area contributed by atoms with Gasteiger partial charge in [0.05, 0.1) is 30.7 Å². The van der Waals surface area contributed by atoms with Crippen LogP contribution in [-0.2, 0) is 23.8 Å². The third kappa shape index (κ3) is 3.68. The zero-order chi connectivity index (χ0) is 19.9. The molecule has 0 aromatic heterocycles. The molecule has 150 valence electrons. The van der Waals surface area contributed by atoms with E-state index in [-0.39, 0.29) is 36.6 Å². The topological polar surface area (TPSA) is 106 Å². The van der Waals surface area contributed by atoms with Crippen molar-refractivity contribution in [1.29, 1.82) is 0 Å². The highest BCUT2D eigenvalue weighted by Crippen LogP contribution is 2.48. The van der Waals surface area contributed by atoms with E-state index in [1.807, 2.05) is 6.92 Å². The molecule has 2 N–H and O–H groups in total. The summed E-state index contributed by atoms with van der Waals surface area (Å²) in [7, 11) is 0. The van der Waals surface area contributed by atoms with Crippen LogP contribution >= 0.6 is 0 Å². The van der Waals surface area contributed by atoms with Gasteiger partial charge in [-0.1, -0.05) is 20.4 Å². The molecular weight excluding hydrogens is 352 g/mol. The van der Waals surface area contributed by atoms with Crippen LogP contribution in [0.25, 0.3) is 0 Å². The summed E-state index contributed by atoms with van der Waals surface area (Å²) in [6.07, 6.45) is 0.361. The molecule has 7 unspecified atom stereocenters. The number of ether oxygens (including phenoxy) is 3. The summed E-state index contributed by atoms with van der Waals surface area (Å²) in [6.45, 7) is 9.01. The summed E-state index contributed by atoms with van der Waals surface area (Å²) in [5, 5.41) is 20.3. The summed E-state index contributed by atoms with van der Waals surface area (Å²) in [5.41, 5.74) is -0.0229. The molecule has 0 bridgehead atoms. The lowest BCUT2D eigenvalue weighted by atomic mass is 9.81. The first kappa shape index (κ1) is 20.0. The Labute approximate surface area is 159 Å². The van der Waals surface area contributed by atoms with Crippen LogP contribution in [0.3, 0.4) is 0 Å². The second kappa shape index (κ2) is 7.37. The lowest BCUT2D eigenvalue weighted by Gasteiger charge is -2.30. The predicted molar refractivity (Wildman–Crippen MR) is 95.5 cm³/mol. The van der Waals surface area contributed by atoms with Gasteiger partial charge in [-0.15, -0.1) is 0 Å². The zero-order valence-corrected chi connectivity index (χ0v) is 16.0. The highest BCUT2D eigenvalue weighted by molar-refractivity contribution is 5.91. The van der Waals surface area contributed by atoms with Crippen molar-refractivity contribution in [3.05, 3.63) is 23.8 Å². The molecule has 1 aliphatic carbocycles. The average molecular weight is 380 g/mol. The first-order chi connectivity index (χ1) is 12.7. The number of esters is 2. The molecule has 0 amide bonds. The highest BCUT2D eigenvalue weighted by atomic mass is 16.6. The Hall–Kier alpha value is -1.70. The molecular formula is C20H28O7. The van der Waals surface area contributed by atoms with Crippen LogP contribution in [0.1, 0.15) is 40.0 Å². The van der Waals surface area contributed by atoms with Crippen molar-refractivity contribution in [2.75, 3.05) is 6.61 Å². The van der Waals surface area contributed by atoms with Crippen LogP contribution in [0, 0.1) is 11.8 Å². The van der Waals surface area contributed by atoms with Crippen molar-refractivity contribution in [2.24, 2.45) is 11.8 Å². The predicted octanol–water partition coefficient (Wildman–Crippen LogP) is 1.27. The smallest absolute Gasteiger partial charge is 0.334 e. The summed E-state index contributed by atoms with van der Waals surface area (Å²) in [4.78, 5) is 24.6.